The maximum absolute atomic E-state index is 11.9. The summed E-state index contributed by atoms with van der Waals surface area (Å²) < 4.78 is 11.0. The molecule has 1 atom stereocenters. The van der Waals surface area contributed by atoms with E-state index in [0.717, 1.165) is 52.0 Å². The number of amides is 1. The third kappa shape index (κ3) is 6.08. The second-order valence-electron chi connectivity index (χ2n) is 4.94. The summed E-state index contributed by atoms with van der Waals surface area (Å²) in [6, 6.07) is 0. The fourth-order valence-electron chi connectivity index (χ4n) is 2.40. The van der Waals surface area contributed by atoms with Crippen molar-refractivity contribution in [2.45, 2.75) is 31.8 Å². The molecule has 112 valence electrons. The van der Waals surface area contributed by atoms with Crippen LogP contribution in [0.4, 0.5) is 0 Å². The van der Waals surface area contributed by atoms with Gasteiger partial charge in [-0.05, 0) is 25.8 Å². The molecule has 1 amide bonds. The van der Waals surface area contributed by atoms with Gasteiger partial charge in [-0.2, -0.15) is 0 Å². The average molecular weight is 293 g/mol. The van der Waals surface area contributed by atoms with E-state index in [2.05, 4.69) is 5.32 Å². The van der Waals surface area contributed by atoms with Crippen LogP contribution in [0.2, 0.25) is 0 Å². The molecular weight excluding hydrogens is 268 g/mol. The Labute approximate surface area is 121 Å². The topological polar surface area (TPSA) is 50.8 Å². The monoisotopic (exact) mass is 292 g/mol. The Morgan fingerprint density at radius 3 is 3.00 bits per heavy atom. The fourth-order valence-corrected chi connectivity index (χ4v) is 2.40. The van der Waals surface area contributed by atoms with Crippen molar-refractivity contribution in [3.05, 3.63) is 0 Å². The molecule has 0 aromatic rings. The number of rotatable bonds is 5. The molecule has 0 radical (unpaired) electrons. The van der Waals surface area contributed by atoms with E-state index in [1.807, 2.05) is 4.90 Å². The van der Waals surface area contributed by atoms with Crippen molar-refractivity contribution in [2.24, 2.45) is 0 Å². The third-order valence-corrected chi connectivity index (χ3v) is 3.48. The molecule has 0 bridgehead atoms. The zero-order valence-corrected chi connectivity index (χ0v) is 12.3. The van der Waals surface area contributed by atoms with Crippen molar-refractivity contribution >= 4 is 18.3 Å². The van der Waals surface area contributed by atoms with Crippen LogP contribution in [0.15, 0.2) is 0 Å². The molecule has 2 heterocycles. The molecular formula is C13H25ClN2O3. The van der Waals surface area contributed by atoms with Crippen molar-refractivity contribution in [3.8, 4) is 0 Å². The molecule has 6 heteroatoms. The molecule has 0 saturated carbocycles. The summed E-state index contributed by atoms with van der Waals surface area (Å²) in [4.78, 5) is 13.9. The van der Waals surface area contributed by atoms with E-state index in [4.69, 9.17) is 9.47 Å². The maximum Gasteiger partial charge on any atom is 0.224 e. The molecule has 0 spiro atoms. The standard InChI is InChI=1S/C13H24N2O3.ClH/c16-13(15-7-2-5-14-6-8-15)4-10-17-11-12-3-1-9-18-12;/h12,14H,1-11H2;1H. The van der Waals surface area contributed by atoms with E-state index in [1.165, 1.54) is 0 Å². The number of nitrogens with zero attached hydrogens (tertiary/aromatic N) is 1. The first kappa shape index (κ1) is 16.7. The molecule has 2 aliphatic rings. The molecule has 2 aliphatic heterocycles. The van der Waals surface area contributed by atoms with E-state index in [-0.39, 0.29) is 24.4 Å². The van der Waals surface area contributed by atoms with Crippen LogP contribution in [0, 0.1) is 0 Å². The van der Waals surface area contributed by atoms with Crippen molar-refractivity contribution in [1.29, 1.82) is 0 Å². The molecule has 1 unspecified atom stereocenters. The van der Waals surface area contributed by atoms with Gasteiger partial charge in [-0.1, -0.05) is 0 Å². The Morgan fingerprint density at radius 2 is 2.21 bits per heavy atom. The van der Waals surface area contributed by atoms with Gasteiger partial charge in [-0.3, -0.25) is 4.79 Å². The van der Waals surface area contributed by atoms with Crippen molar-refractivity contribution in [3.63, 3.8) is 0 Å². The summed E-state index contributed by atoms with van der Waals surface area (Å²) in [5, 5.41) is 3.29. The minimum absolute atomic E-state index is 0. The molecule has 0 aromatic carbocycles. The SMILES string of the molecule is Cl.O=C(CCOCC1CCCO1)N1CCCNCC1. The van der Waals surface area contributed by atoms with Crippen LogP contribution in [0.5, 0.6) is 0 Å². The lowest BCUT2D eigenvalue weighted by Crippen LogP contribution is -2.34. The van der Waals surface area contributed by atoms with Crippen LogP contribution in [-0.4, -0.2) is 62.9 Å². The van der Waals surface area contributed by atoms with E-state index in [0.29, 0.717) is 19.6 Å². The van der Waals surface area contributed by atoms with Gasteiger partial charge in [0.25, 0.3) is 0 Å². The lowest BCUT2D eigenvalue weighted by molar-refractivity contribution is -0.132. The largest absolute Gasteiger partial charge is 0.378 e. The Hall–Kier alpha value is -0.360. The highest BCUT2D eigenvalue weighted by atomic mass is 35.5. The third-order valence-electron chi connectivity index (χ3n) is 3.48. The van der Waals surface area contributed by atoms with E-state index >= 15 is 0 Å². The van der Waals surface area contributed by atoms with Gasteiger partial charge in [-0.15, -0.1) is 12.4 Å². The Morgan fingerprint density at radius 1 is 1.32 bits per heavy atom. The summed E-state index contributed by atoms with van der Waals surface area (Å²) >= 11 is 0. The summed E-state index contributed by atoms with van der Waals surface area (Å²) in [6.45, 7) is 5.62. The van der Waals surface area contributed by atoms with Crippen molar-refractivity contribution in [1.82, 2.24) is 10.2 Å². The molecule has 19 heavy (non-hydrogen) atoms. The predicted molar refractivity (Wildman–Crippen MR) is 75.7 cm³/mol. The number of carbonyl (C=O) groups excluding carboxylic acids is 1. The number of carbonyl (C=O) groups is 1. The lowest BCUT2D eigenvalue weighted by atomic mass is 10.2. The van der Waals surface area contributed by atoms with E-state index in [1.54, 1.807) is 0 Å². The van der Waals surface area contributed by atoms with Gasteiger partial charge < -0.3 is 19.7 Å². The number of nitrogens with one attached hydrogen (secondary N) is 1. The number of hydrogen-bond acceptors (Lipinski definition) is 4. The average Bonchev–Trinajstić information content (AvgIpc) is 2.74. The number of ether oxygens (including phenoxy) is 2. The summed E-state index contributed by atoms with van der Waals surface area (Å²) in [7, 11) is 0. The van der Waals surface area contributed by atoms with Crippen LogP contribution >= 0.6 is 12.4 Å². The van der Waals surface area contributed by atoms with Gasteiger partial charge in [-0.25, -0.2) is 0 Å². The Kier molecular flexibility index (Phi) is 8.37. The van der Waals surface area contributed by atoms with Crippen LogP contribution in [0.1, 0.15) is 25.7 Å². The minimum Gasteiger partial charge on any atom is -0.378 e. The highest BCUT2D eigenvalue weighted by Crippen LogP contribution is 2.12. The summed E-state index contributed by atoms with van der Waals surface area (Å²) in [6.07, 6.45) is 4.01. The van der Waals surface area contributed by atoms with Gasteiger partial charge in [0, 0.05) is 26.2 Å². The van der Waals surface area contributed by atoms with E-state index < -0.39 is 0 Å². The molecule has 0 aromatic heterocycles. The second kappa shape index (κ2) is 9.53. The van der Waals surface area contributed by atoms with Crippen LogP contribution in [0.25, 0.3) is 0 Å². The normalized spacial score (nSPS) is 23.8. The zero-order chi connectivity index (χ0) is 12.6. The second-order valence-corrected chi connectivity index (χ2v) is 4.94. The minimum atomic E-state index is 0. The molecule has 1 N–H and O–H groups in total. The smallest absolute Gasteiger partial charge is 0.224 e. The van der Waals surface area contributed by atoms with Gasteiger partial charge in [0.05, 0.1) is 25.7 Å². The summed E-state index contributed by atoms with van der Waals surface area (Å²) in [5.74, 6) is 0.214. The molecule has 2 saturated heterocycles. The first-order chi connectivity index (χ1) is 8.86. The van der Waals surface area contributed by atoms with Gasteiger partial charge in [0.2, 0.25) is 5.91 Å². The quantitative estimate of drug-likeness (QED) is 0.762. The van der Waals surface area contributed by atoms with Crippen LogP contribution in [0.3, 0.4) is 0 Å². The Balaban J connectivity index is 0.00000180. The van der Waals surface area contributed by atoms with Crippen molar-refractivity contribution in [2.75, 3.05) is 46.0 Å². The van der Waals surface area contributed by atoms with Gasteiger partial charge >= 0.3 is 0 Å². The van der Waals surface area contributed by atoms with Crippen LogP contribution in [-0.2, 0) is 14.3 Å². The fraction of sp³-hybridized carbons (Fsp3) is 0.923. The van der Waals surface area contributed by atoms with Crippen LogP contribution < -0.4 is 5.32 Å². The maximum atomic E-state index is 11.9. The van der Waals surface area contributed by atoms with Gasteiger partial charge in [0.15, 0.2) is 0 Å². The highest BCUT2D eigenvalue weighted by molar-refractivity contribution is 5.85. The van der Waals surface area contributed by atoms with Crippen molar-refractivity contribution < 1.29 is 14.3 Å². The number of hydrogen-bond donors (Lipinski definition) is 1. The highest BCUT2D eigenvalue weighted by Gasteiger charge is 2.17. The Bertz CT molecular complexity index is 252. The number of halogens is 1. The predicted octanol–water partition coefficient (Wildman–Crippen LogP) is 0.816. The molecule has 0 aliphatic carbocycles. The molecule has 5 nitrogen and oxygen atoms in total. The lowest BCUT2D eigenvalue weighted by Gasteiger charge is -2.20. The first-order valence-corrected chi connectivity index (χ1v) is 7.04. The molecule has 2 rings (SSSR count). The van der Waals surface area contributed by atoms with Gasteiger partial charge in [0.1, 0.15) is 0 Å². The summed E-state index contributed by atoms with van der Waals surface area (Å²) in [5.41, 5.74) is 0. The first-order valence-electron chi connectivity index (χ1n) is 7.04. The zero-order valence-electron chi connectivity index (χ0n) is 11.4. The molecule has 2 fully saturated rings. The van der Waals surface area contributed by atoms with E-state index in [9.17, 15) is 4.79 Å².